The molecule has 3 aromatic rings. The fraction of sp³-hybridized carbons (Fsp3) is 0.280. The summed E-state index contributed by atoms with van der Waals surface area (Å²) in [5.41, 5.74) is 16.0. The number of primary amides is 1. The lowest BCUT2D eigenvalue weighted by molar-refractivity contribution is -0.129. The molecule has 0 aliphatic carbocycles. The number of nitrogens with one attached hydrogen (secondary N) is 2. The molecule has 9 nitrogen and oxygen atoms in total. The van der Waals surface area contributed by atoms with E-state index < -0.39 is 11.9 Å². The summed E-state index contributed by atoms with van der Waals surface area (Å²) in [5, 5.41) is 7.60. The molecule has 0 fully saturated rings. The van der Waals surface area contributed by atoms with Crippen molar-refractivity contribution in [3.05, 3.63) is 81.8 Å². The Bertz CT molecular complexity index is 1100. The number of carbonyl (C=O) groups excluding carboxylic acids is 3. The highest BCUT2D eigenvalue weighted by Crippen LogP contribution is 2.14. The van der Waals surface area contributed by atoms with E-state index in [9.17, 15) is 14.4 Å². The second-order valence-electron chi connectivity index (χ2n) is 7.94. The zero-order valence-corrected chi connectivity index (χ0v) is 20.1. The quantitative estimate of drug-likeness (QED) is 0.282. The van der Waals surface area contributed by atoms with E-state index in [4.69, 9.17) is 16.2 Å². The molecule has 0 radical (unpaired) electrons. The second-order valence-corrected chi connectivity index (χ2v) is 8.66. The highest BCUT2D eigenvalue weighted by atomic mass is 32.1. The lowest BCUT2D eigenvalue weighted by Gasteiger charge is -2.18. The van der Waals surface area contributed by atoms with Gasteiger partial charge >= 0.3 is 0 Å². The average Bonchev–Trinajstić information content (AvgIpc) is 3.38. The van der Waals surface area contributed by atoms with Crippen LogP contribution in [-0.4, -0.2) is 35.4 Å². The first-order chi connectivity index (χ1) is 16.9. The van der Waals surface area contributed by atoms with E-state index in [-0.39, 0.29) is 24.8 Å². The Morgan fingerprint density at radius 2 is 1.69 bits per heavy atom. The fourth-order valence-electron chi connectivity index (χ4n) is 3.29. The maximum atomic E-state index is 12.9. The Morgan fingerprint density at radius 3 is 2.31 bits per heavy atom. The average molecular weight is 496 g/mol. The number of amides is 3. The van der Waals surface area contributed by atoms with E-state index in [2.05, 4.69) is 15.6 Å². The lowest BCUT2D eigenvalue weighted by Crippen LogP contribution is -2.48. The van der Waals surface area contributed by atoms with Gasteiger partial charge in [0, 0.05) is 31.3 Å². The molecule has 1 aromatic heterocycles. The number of hydrogen-bond acceptors (Lipinski definition) is 7. The molecule has 6 N–H and O–H groups in total. The Hall–Kier alpha value is -3.76. The Labute approximate surface area is 207 Å². The zero-order chi connectivity index (χ0) is 25.0. The van der Waals surface area contributed by atoms with Crippen LogP contribution in [0.25, 0.3) is 0 Å². The summed E-state index contributed by atoms with van der Waals surface area (Å²) in [6.07, 6.45) is 1.00. The predicted molar refractivity (Wildman–Crippen MR) is 133 cm³/mol. The van der Waals surface area contributed by atoms with E-state index in [1.54, 1.807) is 17.6 Å². The zero-order valence-electron chi connectivity index (χ0n) is 19.2. The van der Waals surface area contributed by atoms with E-state index in [1.165, 1.54) is 11.3 Å². The number of nitrogens with zero attached hydrogens (tertiary/aromatic N) is 1. The van der Waals surface area contributed by atoms with Crippen molar-refractivity contribution in [2.24, 2.45) is 11.5 Å². The van der Waals surface area contributed by atoms with Crippen LogP contribution in [0.3, 0.4) is 0 Å². The number of thiazole rings is 1. The van der Waals surface area contributed by atoms with Gasteiger partial charge < -0.3 is 26.8 Å². The largest absolute Gasteiger partial charge is 0.484 e. The molecule has 3 rings (SSSR count). The van der Waals surface area contributed by atoms with E-state index in [0.717, 1.165) is 22.4 Å². The first-order valence-corrected chi connectivity index (χ1v) is 12.1. The van der Waals surface area contributed by atoms with Crippen molar-refractivity contribution in [2.45, 2.75) is 38.4 Å². The third kappa shape index (κ3) is 8.84. The van der Waals surface area contributed by atoms with Crippen molar-refractivity contribution in [2.75, 3.05) is 6.61 Å². The molecule has 1 heterocycles. The van der Waals surface area contributed by atoms with Gasteiger partial charge in [0.25, 0.3) is 5.91 Å². The molecule has 2 aromatic carbocycles. The van der Waals surface area contributed by atoms with Crippen LogP contribution >= 0.6 is 11.3 Å². The van der Waals surface area contributed by atoms with E-state index in [1.807, 2.05) is 41.8 Å². The van der Waals surface area contributed by atoms with Crippen LogP contribution in [0, 0.1) is 0 Å². The molecule has 0 spiro atoms. The molecule has 0 bridgehead atoms. The van der Waals surface area contributed by atoms with Crippen LogP contribution in [0.1, 0.15) is 28.8 Å². The number of aryl methyl sites for hydroxylation is 1. The van der Waals surface area contributed by atoms with E-state index in [0.29, 0.717) is 31.7 Å². The van der Waals surface area contributed by atoms with Gasteiger partial charge in [-0.3, -0.25) is 14.4 Å². The van der Waals surface area contributed by atoms with Crippen molar-refractivity contribution in [1.29, 1.82) is 0 Å². The summed E-state index contributed by atoms with van der Waals surface area (Å²) in [6, 6.07) is 14.0. The van der Waals surface area contributed by atoms with Gasteiger partial charge in [0.1, 0.15) is 11.8 Å². The van der Waals surface area contributed by atoms with Gasteiger partial charge in [-0.25, -0.2) is 4.98 Å². The number of aromatic nitrogens is 1. The van der Waals surface area contributed by atoms with Crippen LogP contribution in [0.2, 0.25) is 0 Å². The molecule has 1 atom stereocenters. The van der Waals surface area contributed by atoms with Gasteiger partial charge in [-0.15, -0.1) is 11.3 Å². The van der Waals surface area contributed by atoms with Crippen molar-refractivity contribution >= 4 is 29.1 Å². The molecular formula is C25H29N5O4S. The maximum absolute atomic E-state index is 12.9. The predicted octanol–water partition coefficient (Wildman–Crippen LogP) is 1.44. The molecule has 0 unspecified atom stereocenters. The summed E-state index contributed by atoms with van der Waals surface area (Å²) < 4.78 is 5.23. The number of hydrogen-bond donors (Lipinski definition) is 4. The standard InChI is InChI=1S/C25H29N5O4S/c26-12-18-1-3-19(4-2-18)13-28-25(33)22(11-20-15-35-16-29-20)30-24(32)10-7-17-5-8-21(9-6-17)34-14-23(27)31/h1-6,8-9,15-16,22H,7,10-14,26H2,(H2,27,31)(H,28,33)(H,30,32)/t22-/m0/s1. The molecule has 3 amide bonds. The maximum Gasteiger partial charge on any atom is 0.255 e. The Kier molecular flexibility index (Phi) is 9.76. The molecule has 10 heteroatoms. The van der Waals surface area contributed by atoms with Crippen LogP contribution < -0.4 is 26.8 Å². The van der Waals surface area contributed by atoms with Gasteiger partial charge in [0.05, 0.1) is 11.2 Å². The van der Waals surface area contributed by atoms with Gasteiger partial charge in [-0.1, -0.05) is 36.4 Å². The van der Waals surface area contributed by atoms with Crippen molar-refractivity contribution in [3.63, 3.8) is 0 Å². The molecular weight excluding hydrogens is 466 g/mol. The molecule has 0 aliphatic rings. The SMILES string of the molecule is NCc1ccc(CNC(=O)[C@H](Cc2cscn2)NC(=O)CCc2ccc(OCC(N)=O)cc2)cc1. The smallest absolute Gasteiger partial charge is 0.255 e. The normalized spacial score (nSPS) is 11.5. The summed E-state index contributed by atoms with van der Waals surface area (Å²) in [4.78, 5) is 40.6. The summed E-state index contributed by atoms with van der Waals surface area (Å²) in [7, 11) is 0. The number of benzene rings is 2. The van der Waals surface area contributed by atoms with Crippen molar-refractivity contribution in [3.8, 4) is 5.75 Å². The monoisotopic (exact) mass is 495 g/mol. The molecule has 184 valence electrons. The van der Waals surface area contributed by atoms with Gasteiger partial charge in [-0.05, 0) is 35.2 Å². The molecule has 0 saturated carbocycles. The summed E-state index contributed by atoms with van der Waals surface area (Å²) >= 11 is 1.44. The fourth-order valence-corrected chi connectivity index (χ4v) is 3.86. The first-order valence-electron chi connectivity index (χ1n) is 11.1. The highest BCUT2D eigenvalue weighted by molar-refractivity contribution is 7.07. The summed E-state index contributed by atoms with van der Waals surface area (Å²) in [6.45, 7) is 0.613. The number of ether oxygens (including phenoxy) is 1. The lowest BCUT2D eigenvalue weighted by atomic mass is 10.1. The summed E-state index contributed by atoms with van der Waals surface area (Å²) in [5.74, 6) is -0.534. The molecule has 0 aliphatic heterocycles. The van der Waals surface area contributed by atoms with Gasteiger partial charge in [-0.2, -0.15) is 0 Å². The third-order valence-electron chi connectivity index (χ3n) is 5.22. The van der Waals surface area contributed by atoms with E-state index >= 15 is 0 Å². The highest BCUT2D eigenvalue weighted by Gasteiger charge is 2.22. The van der Waals surface area contributed by atoms with Gasteiger partial charge in [0.2, 0.25) is 11.8 Å². The second kappa shape index (κ2) is 13.2. The van der Waals surface area contributed by atoms with Crippen LogP contribution in [-0.2, 0) is 40.3 Å². The van der Waals surface area contributed by atoms with Crippen LogP contribution in [0.4, 0.5) is 0 Å². The number of nitrogens with two attached hydrogens (primary N) is 2. The number of carbonyl (C=O) groups is 3. The molecule has 35 heavy (non-hydrogen) atoms. The Balaban J connectivity index is 1.53. The van der Waals surface area contributed by atoms with Crippen molar-refractivity contribution in [1.82, 2.24) is 15.6 Å². The number of rotatable bonds is 13. The third-order valence-corrected chi connectivity index (χ3v) is 5.85. The van der Waals surface area contributed by atoms with Gasteiger partial charge in [0.15, 0.2) is 6.61 Å². The minimum absolute atomic E-state index is 0.191. The van der Waals surface area contributed by atoms with Crippen LogP contribution in [0.5, 0.6) is 5.75 Å². The van der Waals surface area contributed by atoms with Crippen LogP contribution in [0.15, 0.2) is 59.4 Å². The first kappa shape index (κ1) is 25.9. The topological polar surface area (TPSA) is 149 Å². The minimum Gasteiger partial charge on any atom is -0.484 e. The van der Waals surface area contributed by atoms with Crippen molar-refractivity contribution < 1.29 is 19.1 Å². The minimum atomic E-state index is -0.738. The molecule has 0 saturated heterocycles. The Morgan fingerprint density at radius 1 is 1.00 bits per heavy atom.